The number of amides is 1. The monoisotopic (exact) mass is 409 g/mol. The second kappa shape index (κ2) is 10.8. The van der Waals surface area contributed by atoms with E-state index < -0.39 is 35.3 Å². The fourth-order valence-electron chi connectivity index (χ4n) is 2.07. The number of hydrogen-bond donors (Lipinski definition) is 1. The van der Waals surface area contributed by atoms with Gasteiger partial charge < -0.3 is 14.2 Å². The van der Waals surface area contributed by atoms with Crippen LogP contribution in [0.25, 0.3) is 0 Å². The van der Waals surface area contributed by atoms with Gasteiger partial charge in [-0.3, -0.25) is 9.63 Å². The van der Waals surface area contributed by atoms with Gasteiger partial charge in [0.05, 0.1) is 0 Å². The molecule has 0 aliphatic heterocycles. The van der Waals surface area contributed by atoms with Gasteiger partial charge in [0.15, 0.2) is 6.10 Å². The van der Waals surface area contributed by atoms with Crippen molar-refractivity contribution >= 4 is 18.0 Å². The lowest BCUT2D eigenvalue weighted by atomic mass is 10.1. The van der Waals surface area contributed by atoms with Gasteiger partial charge in [-0.1, -0.05) is 30.3 Å². The molecule has 1 unspecified atom stereocenters. The molecule has 0 aliphatic carbocycles. The summed E-state index contributed by atoms with van der Waals surface area (Å²) in [6.45, 7) is 10.3. The summed E-state index contributed by atoms with van der Waals surface area (Å²) in [7, 11) is 0. The second-order valence-electron chi connectivity index (χ2n) is 8.43. The van der Waals surface area contributed by atoms with E-state index in [1.165, 1.54) is 0 Å². The molecular weight excluding hydrogens is 378 g/mol. The lowest BCUT2D eigenvalue weighted by Gasteiger charge is -2.24. The Balaban J connectivity index is 2.59. The van der Waals surface area contributed by atoms with Gasteiger partial charge in [0.25, 0.3) is 0 Å². The molecule has 0 aromatic heterocycles. The summed E-state index contributed by atoms with van der Waals surface area (Å²) in [5, 5.41) is 0. The van der Waals surface area contributed by atoms with Crippen LogP contribution in [0.4, 0.5) is 4.79 Å². The standard InChI is InChI=1S/C21H31NO7/c1-20(2,3)27-18(24)16(29-22-19(25)28-21(4,5)6)12-13-17(23)26-14-15-10-8-7-9-11-15/h7-11,16H,12-14H2,1-6H3,(H,22,25). The van der Waals surface area contributed by atoms with Crippen LogP contribution in [0.1, 0.15) is 59.9 Å². The van der Waals surface area contributed by atoms with Gasteiger partial charge in [0, 0.05) is 6.42 Å². The van der Waals surface area contributed by atoms with Gasteiger partial charge >= 0.3 is 18.0 Å². The molecule has 29 heavy (non-hydrogen) atoms. The Labute approximate surface area is 171 Å². The summed E-state index contributed by atoms with van der Waals surface area (Å²) in [4.78, 5) is 41.3. The van der Waals surface area contributed by atoms with E-state index in [-0.39, 0.29) is 19.4 Å². The van der Waals surface area contributed by atoms with Crippen molar-refractivity contribution in [3.05, 3.63) is 35.9 Å². The van der Waals surface area contributed by atoms with Crippen LogP contribution in [0.15, 0.2) is 30.3 Å². The minimum absolute atomic E-state index is 0.0294. The molecule has 0 spiro atoms. The Hall–Kier alpha value is -2.61. The molecule has 1 aromatic carbocycles. The largest absolute Gasteiger partial charge is 0.461 e. The molecular formula is C21H31NO7. The number of ether oxygens (including phenoxy) is 3. The first-order chi connectivity index (χ1) is 13.4. The molecule has 0 saturated heterocycles. The van der Waals surface area contributed by atoms with Crippen LogP contribution in [0, 0.1) is 0 Å². The van der Waals surface area contributed by atoms with Gasteiger partial charge in [-0.15, -0.1) is 0 Å². The van der Waals surface area contributed by atoms with Crippen LogP contribution in [-0.4, -0.2) is 35.3 Å². The number of nitrogens with one attached hydrogen (secondary N) is 1. The van der Waals surface area contributed by atoms with E-state index in [0.29, 0.717) is 0 Å². The number of carbonyl (C=O) groups excluding carboxylic acids is 3. The molecule has 1 atom stereocenters. The summed E-state index contributed by atoms with van der Waals surface area (Å²) in [5.74, 6) is -1.20. The fraction of sp³-hybridized carbons (Fsp3) is 0.571. The molecule has 0 saturated carbocycles. The zero-order chi connectivity index (χ0) is 22.1. The van der Waals surface area contributed by atoms with Crippen molar-refractivity contribution in [3.8, 4) is 0 Å². The molecule has 0 bridgehead atoms. The van der Waals surface area contributed by atoms with E-state index in [2.05, 4.69) is 5.48 Å². The van der Waals surface area contributed by atoms with Gasteiger partial charge in [-0.05, 0) is 53.5 Å². The third kappa shape index (κ3) is 11.7. The van der Waals surface area contributed by atoms with Crippen LogP contribution in [0.2, 0.25) is 0 Å². The van der Waals surface area contributed by atoms with Crippen LogP contribution in [0.5, 0.6) is 0 Å². The number of hydrogen-bond acceptors (Lipinski definition) is 7. The highest BCUT2D eigenvalue weighted by molar-refractivity contribution is 5.77. The lowest BCUT2D eigenvalue weighted by Crippen LogP contribution is -2.40. The Morgan fingerprint density at radius 2 is 1.52 bits per heavy atom. The minimum Gasteiger partial charge on any atom is -0.461 e. The summed E-state index contributed by atoms with van der Waals surface area (Å²) in [5.41, 5.74) is 1.45. The number of carbonyl (C=O) groups is 3. The average Bonchev–Trinajstić information content (AvgIpc) is 2.57. The molecule has 1 aromatic rings. The summed E-state index contributed by atoms with van der Waals surface area (Å²) >= 11 is 0. The van der Waals surface area contributed by atoms with Crippen LogP contribution >= 0.6 is 0 Å². The van der Waals surface area contributed by atoms with Crippen molar-refractivity contribution in [1.29, 1.82) is 0 Å². The van der Waals surface area contributed by atoms with Crippen LogP contribution in [-0.2, 0) is 35.2 Å². The highest BCUT2D eigenvalue weighted by atomic mass is 16.7. The van der Waals surface area contributed by atoms with Crippen molar-refractivity contribution in [3.63, 3.8) is 0 Å². The first-order valence-corrected chi connectivity index (χ1v) is 9.43. The molecule has 0 fully saturated rings. The minimum atomic E-state index is -1.19. The quantitative estimate of drug-likeness (QED) is 0.397. The van der Waals surface area contributed by atoms with Gasteiger partial charge in [-0.2, -0.15) is 5.48 Å². The summed E-state index contributed by atoms with van der Waals surface area (Å²) < 4.78 is 15.5. The van der Waals surface area contributed by atoms with E-state index in [4.69, 9.17) is 19.0 Å². The topological polar surface area (TPSA) is 100 Å². The third-order valence-electron chi connectivity index (χ3n) is 3.21. The first kappa shape index (κ1) is 24.4. The maximum absolute atomic E-state index is 12.4. The predicted octanol–water partition coefficient (Wildman–Crippen LogP) is 3.68. The van der Waals surface area contributed by atoms with Crippen molar-refractivity contribution < 1.29 is 33.4 Å². The SMILES string of the molecule is CC(C)(C)OC(=O)NOC(CCC(=O)OCc1ccccc1)C(=O)OC(C)(C)C. The Morgan fingerprint density at radius 1 is 0.931 bits per heavy atom. The Kier molecular flexibility index (Phi) is 9.10. The van der Waals surface area contributed by atoms with Gasteiger partial charge in [0.1, 0.15) is 17.8 Å². The number of esters is 2. The molecule has 1 N–H and O–H groups in total. The molecule has 1 rings (SSSR count). The maximum atomic E-state index is 12.4. The average molecular weight is 409 g/mol. The zero-order valence-corrected chi connectivity index (χ0v) is 17.9. The van der Waals surface area contributed by atoms with Crippen LogP contribution in [0.3, 0.4) is 0 Å². The van der Waals surface area contributed by atoms with Gasteiger partial charge in [-0.25, -0.2) is 9.59 Å². The highest BCUT2D eigenvalue weighted by Crippen LogP contribution is 2.14. The number of hydroxylamine groups is 1. The second-order valence-corrected chi connectivity index (χ2v) is 8.43. The van der Waals surface area contributed by atoms with Crippen molar-refractivity contribution in [2.45, 2.75) is 78.3 Å². The Morgan fingerprint density at radius 3 is 2.07 bits per heavy atom. The molecule has 162 valence electrons. The highest BCUT2D eigenvalue weighted by Gasteiger charge is 2.28. The van der Waals surface area contributed by atoms with Crippen molar-refractivity contribution in [1.82, 2.24) is 5.48 Å². The molecule has 1 amide bonds. The zero-order valence-electron chi connectivity index (χ0n) is 17.9. The van der Waals surface area contributed by atoms with Crippen LogP contribution < -0.4 is 5.48 Å². The molecule has 0 radical (unpaired) electrons. The number of rotatable bonds is 8. The number of benzene rings is 1. The van der Waals surface area contributed by atoms with Crippen molar-refractivity contribution in [2.24, 2.45) is 0 Å². The molecule has 0 aliphatic rings. The third-order valence-corrected chi connectivity index (χ3v) is 3.21. The van der Waals surface area contributed by atoms with Gasteiger partial charge in [0.2, 0.25) is 0 Å². The van der Waals surface area contributed by atoms with E-state index in [9.17, 15) is 14.4 Å². The van der Waals surface area contributed by atoms with E-state index in [0.717, 1.165) is 5.56 Å². The maximum Gasteiger partial charge on any atom is 0.431 e. The lowest BCUT2D eigenvalue weighted by molar-refractivity contribution is -0.174. The van der Waals surface area contributed by atoms with E-state index in [1.807, 2.05) is 30.3 Å². The normalized spacial score (nSPS) is 12.6. The smallest absolute Gasteiger partial charge is 0.431 e. The first-order valence-electron chi connectivity index (χ1n) is 9.43. The summed E-state index contributed by atoms with van der Waals surface area (Å²) in [6, 6.07) is 9.23. The molecule has 8 heteroatoms. The van der Waals surface area contributed by atoms with Crippen molar-refractivity contribution in [2.75, 3.05) is 0 Å². The fourth-order valence-corrected chi connectivity index (χ4v) is 2.07. The van der Waals surface area contributed by atoms with E-state index in [1.54, 1.807) is 41.5 Å². The summed E-state index contributed by atoms with van der Waals surface area (Å²) in [6.07, 6.45) is -2.16. The van der Waals surface area contributed by atoms with E-state index >= 15 is 0 Å². The Bertz CT molecular complexity index is 675. The molecule has 0 heterocycles. The molecule has 8 nitrogen and oxygen atoms in total. The predicted molar refractivity (Wildman–Crippen MR) is 106 cm³/mol.